The zero-order valence-corrected chi connectivity index (χ0v) is 6.65. The van der Waals surface area contributed by atoms with Crippen LogP contribution in [0, 0.1) is 0 Å². The number of likely N-dealkylation sites (N-methyl/N-ethyl adjacent to an activating group) is 1. The standard InChI is InChI=1S/C4H7IN2O/c1-3(6-2)4(8)7-5/h6H,1H2,2H3,(H,7,8). The number of amides is 1. The minimum absolute atomic E-state index is 0.187. The fraction of sp³-hybridized carbons (Fsp3) is 0.250. The van der Waals surface area contributed by atoms with Gasteiger partial charge < -0.3 is 5.32 Å². The van der Waals surface area contributed by atoms with Crippen molar-refractivity contribution in [3.05, 3.63) is 12.3 Å². The van der Waals surface area contributed by atoms with E-state index < -0.39 is 0 Å². The number of carbonyl (C=O) groups is 1. The summed E-state index contributed by atoms with van der Waals surface area (Å²) in [5, 5.41) is 2.60. The number of hydrogen-bond acceptors (Lipinski definition) is 2. The molecule has 0 aliphatic rings. The Morgan fingerprint density at radius 1 is 1.75 bits per heavy atom. The van der Waals surface area contributed by atoms with Crippen LogP contribution in [0.15, 0.2) is 12.3 Å². The van der Waals surface area contributed by atoms with E-state index in [1.807, 2.05) is 0 Å². The summed E-state index contributed by atoms with van der Waals surface area (Å²) in [6.07, 6.45) is 0. The highest BCUT2D eigenvalue weighted by molar-refractivity contribution is 14.1. The second-order valence-corrected chi connectivity index (χ2v) is 1.69. The third-order valence-electron chi connectivity index (χ3n) is 0.662. The monoisotopic (exact) mass is 226 g/mol. The van der Waals surface area contributed by atoms with E-state index in [2.05, 4.69) is 15.4 Å². The number of hydrogen-bond donors (Lipinski definition) is 2. The molecule has 3 nitrogen and oxygen atoms in total. The average molecular weight is 226 g/mol. The Hall–Kier alpha value is -0.260. The van der Waals surface area contributed by atoms with Crippen LogP contribution in [-0.4, -0.2) is 13.0 Å². The van der Waals surface area contributed by atoms with Crippen LogP contribution in [0.1, 0.15) is 0 Å². The van der Waals surface area contributed by atoms with Crippen molar-refractivity contribution in [1.82, 2.24) is 8.85 Å². The van der Waals surface area contributed by atoms with E-state index in [9.17, 15) is 4.79 Å². The first kappa shape index (κ1) is 7.74. The first-order valence-corrected chi connectivity index (χ1v) is 3.08. The average Bonchev–Trinajstić information content (AvgIpc) is 1.84. The molecule has 0 heterocycles. The van der Waals surface area contributed by atoms with Crippen molar-refractivity contribution in [3.8, 4) is 0 Å². The lowest BCUT2D eigenvalue weighted by atomic mass is 10.5. The smallest absolute Gasteiger partial charge is 0.275 e. The zero-order valence-electron chi connectivity index (χ0n) is 4.49. The molecule has 0 aliphatic heterocycles. The highest BCUT2D eigenvalue weighted by atomic mass is 127. The summed E-state index contributed by atoms with van der Waals surface area (Å²) < 4.78 is 2.38. The molecule has 0 saturated heterocycles. The van der Waals surface area contributed by atoms with Crippen LogP contribution in [0.5, 0.6) is 0 Å². The number of halogens is 1. The molecule has 0 bridgehead atoms. The molecule has 2 N–H and O–H groups in total. The van der Waals surface area contributed by atoms with Gasteiger partial charge >= 0.3 is 0 Å². The Kier molecular flexibility index (Phi) is 3.59. The Bertz CT molecular complexity index is 98.6. The molecular weight excluding hydrogens is 219 g/mol. The van der Waals surface area contributed by atoms with Gasteiger partial charge in [0.05, 0.1) is 28.6 Å². The topological polar surface area (TPSA) is 41.1 Å². The van der Waals surface area contributed by atoms with Crippen molar-refractivity contribution < 1.29 is 4.79 Å². The second-order valence-electron chi connectivity index (χ2n) is 1.15. The van der Waals surface area contributed by atoms with Crippen LogP contribution in [0.25, 0.3) is 0 Å². The van der Waals surface area contributed by atoms with Gasteiger partial charge in [-0.15, -0.1) is 0 Å². The molecule has 4 heteroatoms. The summed E-state index contributed by atoms with van der Waals surface area (Å²) in [5.41, 5.74) is 0.374. The number of rotatable bonds is 2. The van der Waals surface area contributed by atoms with Crippen molar-refractivity contribution in [2.75, 3.05) is 7.05 Å². The van der Waals surface area contributed by atoms with Gasteiger partial charge in [-0.1, -0.05) is 6.58 Å². The van der Waals surface area contributed by atoms with Crippen LogP contribution in [-0.2, 0) is 4.79 Å². The van der Waals surface area contributed by atoms with Crippen molar-refractivity contribution in [3.63, 3.8) is 0 Å². The zero-order chi connectivity index (χ0) is 6.57. The highest BCUT2D eigenvalue weighted by Crippen LogP contribution is 1.82. The maximum absolute atomic E-state index is 10.5. The molecule has 0 saturated carbocycles. The first-order chi connectivity index (χ1) is 3.72. The summed E-state index contributed by atoms with van der Waals surface area (Å²) in [6, 6.07) is 0. The molecule has 0 rings (SSSR count). The Morgan fingerprint density at radius 3 is 2.38 bits per heavy atom. The third-order valence-corrected chi connectivity index (χ3v) is 1.15. The summed E-state index contributed by atoms with van der Waals surface area (Å²) >= 11 is 1.75. The maximum atomic E-state index is 10.5. The largest absolute Gasteiger partial charge is 0.384 e. The van der Waals surface area contributed by atoms with Gasteiger partial charge in [0.1, 0.15) is 0 Å². The van der Waals surface area contributed by atoms with Gasteiger partial charge in [-0.05, 0) is 0 Å². The molecule has 1 amide bonds. The molecule has 0 aromatic carbocycles. The van der Waals surface area contributed by atoms with E-state index in [1.165, 1.54) is 0 Å². The molecule has 0 aromatic heterocycles. The fourth-order valence-electron chi connectivity index (χ4n) is 0.171. The molecule has 0 fully saturated rings. The van der Waals surface area contributed by atoms with Crippen LogP contribution in [0.3, 0.4) is 0 Å². The summed E-state index contributed by atoms with van der Waals surface area (Å²) in [5.74, 6) is -0.187. The maximum Gasteiger partial charge on any atom is 0.275 e. The normalized spacial score (nSPS) is 7.75. The molecule has 0 atom stereocenters. The van der Waals surface area contributed by atoms with Crippen molar-refractivity contribution >= 4 is 28.8 Å². The third kappa shape index (κ3) is 2.15. The Balaban J connectivity index is 3.64. The van der Waals surface area contributed by atoms with Crippen LogP contribution in [0.2, 0.25) is 0 Å². The molecular formula is C4H7IN2O. The second kappa shape index (κ2) is 3.71. The molecule has 8 heavy (non-hydrogen) atoms. The molecule has 0 aliphatic carbocycles. The van der Waals surface area contributed by atoms with Crippen molar-refractivity contribution in [2.24, 2.45) is 0 Å². The van der Waals surface area contributed by atoms with E-state index in [0.29, 0.717) is 5.70 Å². The lowest BCUT2D eigenvalue weighted by molar-refractivity contribution is -0.115. The van der Waals surface area contributed by atoms with E-state index >= 15 is 0 Å². The van der Waals surface area contributed by atoms with Crippen molar-refractivity contribution in [1.29, 1.82) is 0 Å². The van der Waals surface area contributed by atoms with Crippen LogP contribution in [0.4, 0.5) is 0 Å². The molecule has 0 spiro atoms. The Labute approximate surface area is 62.0 Å². The Morgan fingerprint density at radius 2 is 2.25 bits per heavy atom. The van der Waals surface area contributed by atoms with E-state index in [1.54, 1.807) is 29.9 Å². The van der Waals surface area contributed by atoms with Crippen LogP contribution < -0.4 is 8.85 Å². The van der Waals surface area contributed by atoms with Gasteiger partial charge in [0, 0.05) is 7.05 Å². The number of nitrogens with one attached hydrogen (secondary N) is 2. The quantitative estimate of drug-likeness (QED) is 0.400. The fourth-order valence-corrected chi connectivity index (χ4v) is 0.496. The SMILES string of the molecule is C=C(NC)C(=O)NI. The molecule has 0 radical (unpaired) electrons. The molecule has 46 valence electrons. The van der Waals surface area contributed by atoms with Crippen LogP contribution >= 0.6 is 22.9 Å². The van der Waals surface area contributed by atoms with Gasteiger partial charge in [0.2, 0.25) is 0 Å². The molecule has 0 aromatic rings. The van der Waals surface area contributed by atoms with Crippen molar-refractivity contribution in [2.45, 2.75) is 0 Å². The minimum Gasteiger partial charge on any atom is -0.384 e. The number of carbonyl (C=O) groups excluding carboxylic acids is 1. The predicted octanol–water partition coefficient (Wildman–Crippen LogP) is 0.186. The summed E-state index contributed by atoms with van der Waals surface area (Å²) in [6.45, 7) is 3.42. The predicted molar refractivity (Wildman–Crippen MR) is 40.4 cm³/mol. The summed E-state index contributed by atoms with van der Waals surface area (Å²) in [4.78, 5) is 10.5. The lowest BCUT2D eigenvalue weighted by Crippen LogP contribution is -2.22. The van der Waals surface area contributed by atoms with Gasteiger partial charge in [-0.2, -0.15) is 0 Å². The van der Waals surface area contributed by atoms with E-state index in [0.717, 1.165) is 0 Å². The van der Waals surface area contributed by atoms with Gasteiger partial charge in [0.15, 0.2) is 0 Å². The van der Waals surface area contributed by atoms with Gasteiger partial charge in [-0.25, -0.2) is 0 Å². The minimum atomic E-state index is -0.187. The van der Waals surface area contributed by atoms with E-state index in [4.69, 9.17) is 0 Å². The first-order valence-electron chi connectivity index (χ1n) is 2.00. The van der Waals surface area contributed by atoms with Gasteiger partial charge in [0.25, 0.3) is 5.91 Å². The summed E-state index contributed by atoms with van der Waals surface area (Å²) in [7, 11) is 1.65. The molecule has 0 unspecified atom stereocenters. The van der Waals surface area contributed by atoms with E-state index in [-0.39, 0.29) is 5.91 Å². The highest BCUT2D eigenvalue weighted by Gasteiger charge is 1.98. The van der Waals surface area contributed by atoms with Gasteiger partial charge in [-0.3, -0.25) is 8.32 Å². The lowest BCUT2D eigenvalue weighted by Gasteiger charge is -1.98.